The van der Waals surface area contributed by atoms with Crippen LogP contribution in [0.1, 0.15) is 11.5 Å². The van der Waals surface area contributed by atoms with Crippen molar-refractivity contribution in [2.45, 2.75) is 19.4 Å². The van der Waals surface area contributed by atoms with Crippen molar-refractivity contribution in [3.05, 3.63) is 29.7 Å². The zero-order chi connectivity index (χ0) is 11.5. The minimum Gasteiger partial charge on any atom is -0.440 e. The van der Waals surface area contributed by atoms with Gasteiger partial charge in [-0.25, -0.2) is 4.98 Å². The highest BCUT2D eigenvalue weighted by molar-refractivity contribution is 5.75. The molecule has 4 nitrogen and oxygen atoms in total. The van der Waals surface area contributed by atoms with Crippen molar-refractivity contribution < 1.29 is 9.15 Å². The van der Waals surface area contributed by atoms with Crippen LogP contribution in [0.15, 0.2) is 22.6 Å². The Labute approximate surface area is 94.4 Å². The first-order chi connectivity index (χ1) is 7.74. The Hall–Kier alpha value is -1.39. The number of para-hydroxylation sites is 1. The van der Waals surface area contributed by atoms with E-state index in [1.165, 1.54) is 0 Å². The number of hydrogen-bond donors (Lipinski definition) is 1. The average Bonchev–Trinajstić information content (AvgIpc) is 2.70. The summed E-state index contributed by atoms with van der Waals surface area (Å²) in [7, 11) is 1.64. The van der Waals surface area contributed by atoms with Gasteiger partial charge in [-0.05, 0) is 18.6 Å². The maximum atomic E-state index is 5.69. The van der Waals surface area contributed by atoms with E-state index in [0.29, 0.717) is 18.9 Å². The molecule has 0 spiro atoms. The number of oxazole rings is 1. The van der Waals surface area contributed by atoms with E-state index < -0.39 is 0 Å². The Morgan fingerprint density at radius 3 is 2.94 bits per heavy atom. The standard InChI is InChI=1S/C12H16N2O2/c1-8-4-3-5-10-12(8)16-11(14-10)6-9(7-13)15-2/h3-5,9H,6-7,13H2,1-2H3. The second-order valence-corrected chi connectivity index (χ2v) is 3.83. The van der Waals surface area contributed by atoms with E-state index >= 15 is 0 Å². The van der Waals surface area contributed by atoms with Crippen LogP contribution in [0.3, 0.4) is 0 Å². The molecule has 1 atom stereocenters. The number of hydrogen-bond acceptors (Lipinski definition) is 4. The summed E-state index contributed by atoms with van der Waals surface area (Å²) >= 11 is 0. The van der Waals surface area contributed by atoms with E-state index in [-0.39, 0.29) is 6.10 Å². The molecule has 0 saturated heterocycles. The van der Waals surface area contributed by atoms with E-state index in [1.807, 2.05) is 25.1 Å². The molecule has 0 radical (unpaired) electrons. The van der Waals surface area contributed by atoms with Crippen LogP contribution >= 0.6 is 0 Å². The van der Waals surface area contributed by atoms with Crippen LogP contribution in [0.4, 0.5) is 0 Å². The molecule has 2 aromatic rings. The largest absolute Gasteiger partial charge is 0.440 e. The first-order valence-corrected chi connectivity index (χ1v) is 5.32. The number of rotatable bonds is 4. The minimum absolute atomic E-state index is 0.0339. The molecule has 2 rings (SSSR count). The van der Waals surface area contributed by atoms with Crippen molar-refractivity contribution in [1.82, 2.24) is 4.98 Å². The van der Waals surface area contributed by atoms with Gasteiger partial charge in [-0.15, -0.1) is 0 Å². The summed E-state index contributed by atoms with van der Waals surface area (Å²) < 4.78 is 10.9. The van der Waals surface area contributed by atoms with Gasteiger partial charge in [-0.3, -0.25) is 0 Å². The van der Waals surface area contributed by atoms with Gasteiger partial charge in [0, 0.05) is 13.7 Å². The van der Waals surface area contributed by atoms with Gasteiger partial charge in [0.25, 0.3) is 0 Å². The lowest BCUT2D eigenvalue weighted by atomic mass is 10.2. The fourth-order valence-electron chi connectivity index (χ4n) is 1.68. The fourth-order valence-corrected chi connectivity index (χ4v) is 1.68. The molecule has 1 heterocycles. The first kappa shape index (κ1) is 11.1. The van der Waals surface area contributed by atoms with Gasteiger partial charge in [0.2, 0.25) is 0 Å². The number of ether oxygens (including phenoxy) is 1. The molecule has 0 saturated carbocycles. The number of benzene rings is 1. The Morgan fingerprint density at radius 1 is 1.50 bits per heavy atom. The predicted molar refractivity (Wildman–Crippen MR) is 62.3 cm³/mol. The van der Waals surface area contributed by atoms with Crippen LogP contribution in [0.2, 0.25) is 0 Å². The maximum Gasteiger partial charge on any atom is 0.198 e. The van der Waals surface area contributed by atoms with Gasteiger partial charge in [-0.1, -0.05) is 12.1 Å². The summed E-state index contributed by atoms with van der Waals surface area (Å²) in [5.41, 5.74) is 8.40. The van der Waals surface area contributed by atoms with Crippen molar-refractivity contribution in [2.75, 3.05) is 13.7 Å². The minimum atomic E-state index is -0.0339. The van der Waals surface area contributed by atoms with Crippen molar-refractivity contribution >= 4 is 11.1 Å². The Kier molecular flexibility index (Phi) is 3.22. The van der Waals surface area contributed by atoms with Crippen LogP contribution in [-0.2, 0) is 11.2 Å². The molecule has 4 heteroatoms. The monoisotopic (exact) mass is 220 g/mol. The molecule has 0 aliphatic heterocycles. The zero-order valence-corrected chi connectivity index (χ0v) is 9.56. The molecule has 1 aromatic heterocycles. The molecule has 0 amide bonds. The highest BCUT2D eigenvalue weighted by atomic mass is 16.5. The third kappa shape index (κ3) is 2.08. The third-order valence-corrected chi connectivity index (χ3v) is 2.65. The average molecular weight is 220 g/mol. The molecule has 1 aromatic carbocycles. The highest BCUT2D eigenvalue weighted by Crippen LogP contribution is 2.20. The van der Waals surface area contributed by atoms with Crippen LogP contribution in [0, 0.1) is 6.92 Å². The molecular formula is C12H16N2O2. The summed E-state index contributed by atoms with van der Waals surface area (Å²) in [4.78, 5) is 4.41. The van der Waals surface area contributed by atoms with Crippen LogP contribution in [-0.4, -0.2) is 24.7 Å². The van der Waals surface area contributed by atoms with Crippen molar-refractivity contribution in [1.29, 1.82) is 0 Å². The van der Waals surface area contributed by atoms with E-state index in [0.717, 1.165) is 16.7 Å². The van der Waals surface area contributed by atoms with Crippen LogP contribution in [0.25, 0.3) is 11.1 Å². The first-order valence-electron chi connectivity index (χ1n) is 5.32. The van der Waals surface area contributed by atoms with Gasteiger partial charge >= 0.3 is 0 Å². The second-order valence-electron chi connectivity index (χ2n) is 3.83. The number of nitrogens with zero attached hydrogens (tertiary/aromatic N) is 1. The van der Waals surface area contributed by atoms with Gasteiger partial charge in [0.1, 0.15) is 5.52 Å². The maximum absolute atomic E-state index is 5.69. The molecule has 2 N–H and O–H groups in total. The SMILES string of the molecule is COC(CN)Cc1nc2cccc(C)c2o1. The molecular weight excluding hydrogens is 204 g/mol. The predicted octanol–water partition coefficient (Wildman–Crippen LogP) is 1.65. The number of fused-ring (bicyclic) bond motifs is 1. The van der Waals surface area contributed by atoms with Gasteiger partial charge in [-0.2, -0.15) is 0 Å². The number of methoxy groups -OCH3 is 1. The molecule has 0 aliphatic carbocycles. The molecule has 1 unspecified atom stereocenters. The van der Waals surface area contributed by atoms with Crippen LogP contribution < -0.4 is 5.73 Å². The number of aryl methyl sites for hydroxylation is 1. The van der Waals surface area contributed by atoms with Crippen molar-refractivity contribution in [2.24, 2.45) is 5.73 Å². The van der Waals surface area contributed by atoms with Gasteiger partial charge in [0.15, 0.2) is 11.5 Å². The lowest BCUT2D eigenvalue weighted by molar-refractivity contribution is 0.104. The Morgan fingerprint density at radius 2 is 2.31 bits per heavy atom. The number of aromatic nitrogens is 1. The molecule has 0 bridgehead atoms. The normalized spacial score (nSPS) is 13.2. The smallest absolute Gasteiger partial charge is 0.198 e. The van der Waals surface area contributed by atoms with Crippen LogP contribution in [0.5, 0.6) is 0 Å². The Balaban J connectivity index is 2.29. The lowest BCUT2D eigenvalue weighted by Gasteiger charge is -2.09. The Bertz CT molecular complexity index is 475. The van der Waals surface area contributed by atoms with Crippen molar-refractivity contribution in [3.8, 4) is 0 Å². The second kappa shape index (κ2) is 4.63. The summed E-state index contributed by atoms with van der Waals surface area (Å²) in [6.07, 6.45) is 0.578. The quantitative estimate of drug-likeness (QED) is 0.851. The fraction of sp³-hybridized carbons (Fsp3) is 0.417. The summed E-state index contributed by atoms with van der Waals surface area (Å²) in [6.45, 7) is 2.47. The summed E-state index contributed by atoms with van der Waals surface area (Å²) in [5, 5.41) is 0. The molecule has 86 valence electrons. The van der Waals surface area contributed by atoms with Crippen molar-refractivity contribution in [3.63, 3.8) is 0 Å². The van der Waals surface area contributed by atoms with Gasteiger partial charge < -0.3 is 14.9 Å². The van der Waals surface area contributed by atoms with E-state index in [1.54, 1.807) is 7.11 Å². The summed E-state index contributed by atoms with van der Waals surface area (Å²) in [6, 6.07) is 5.92. The van der Waals surface area contributed by atoms with E-state index in [9.17, 15) is 0 Å². The topological polar surface area (TPSA) is 61.3 Å². The van der Waals surface area contributed by atoms with E-state index in [2.05, 4.69) is 4.98 Å². The summed E-state index contributed by atoms with van der Waals surface area (Å²) in [5.74, 6) is 0.682. The highest BCUT2D eigenvalue weighted by Gasteiger charge is 2.12. The third-order valence-electron chi connectivity index (χ3n) is 2.65. The lowest BCUT2D eigenvalue weighted by Crippen LogP contribution is -2.24. The molecule has 16 heavy (non-hydrogen) atoms. The number of nitrogens with two attached hydrogens (primary N) is 1. The van der Waals surface area contributed by atoms with Gasteiger partial charge in [0.05, 0.1) is 12.5 Å². The zero-order valence-electron chi connectivity index (χ0n) is 9.56. The molecule has 0 aliphatic rings. The van der Waals surface area contributed by atoms with E-state index in [4.69, 9.17) is 14.9 Å². The molecule has 0 fully saturated rings.